The van der Waals surface area contributed by atoms with Gasteiger partial charge in [-0.15, -0.1) is 0 Å². The number of ether oxygens (including phenoxy) is 2. The highest BCUT2D eigenvalue weighted by atomic mass is 16.5. The highest BCUT2D eigenvalue weighted by Gasteiger charge is 2.05. The lowest BCUT2D eigenvalue weighted by Crippen LogP contribution is -2.10. The molecule has 0 unspecified atom stereocenters. The molecule has 0 saturated carbocycles. The number of aliphatic imine (C=N–C) groups is 1. The number of rotatable bonds is 0. The molecule has 3 N–H and O–H groups in total. The summed E-state index contributed by atoms with van der Waals surface area (Å²) in [5.41, 5.74) is 8.64. The van der Waals surface area contributed by atoms with Crippen LogP contribution < -0.4 is 16.2 Å². The van der Waals surface area contributed by atoms with Crippen LogP contribution >= 0.6 is 0 Å². The average molecular weight is 402 g/mol. The van der Waals surface area contributed by atoms with Crippen LogP contribution in [0.2, 0.25) is 0 Å². The van der Waals surface area contributed by atoms with Crippen LogP contribution in [0.3, 0.4) is 0 Å². The third kappa shape index (κ3) is 11.3. The minimum absolute atomic E-state index is 0.750. The summed E-state index contributed by atoms with van der Waals surface area (Å²) in [5, 5.41) is 6.35. The summed E-state index contributed by atoms with van der Waals surface area (Å²) in [6.45, 7) is 5.23. The van der Waals surface area contributed by atoms with Gasteiger partial charge in [-0.05, 0) is 17.7 Å². The van der Waals surface area contributed by atoms with Crippen LogP contribution in [0.25, 0.3) is 0 Å². The first-order valence-corrected chi connectivity index (χ1v) is 9.08. The van der Waals surface area contributed by atoms with Crippen LogP contribution in [0.4, 0.5) is 5.69 Å². The second-order valence-electron chi connectivity index (χ2n) is 5.43. The number of aromatic nitrogens is 2. The van der Waals surface area contributed by atoms with Gasteiger partial charge in [0.1, 0.15) is 19.1 Å². The van der Waals surface area contributed by atoms with Gasteiger partial charge in [0.15, 0.2) is 12.8 Å². The Hall–Kier alpha value is -3.21. The fourth-order valence-corrected chi connectivity index (χ4v) is 2.01. The van der Waals surface area contributed by atoms with Gasteiger partial charge in [0.2, 0.25) is 0 Å². The van der Waals surface area contributed by atoms with E-state index < -0.39 is 0 Å². The molecule has 5 heterocycles. The zero-order valence-electron chi connectivity index (χ0n) is 16.1. The highest BCUT2D eigenvalue weighted by Crippen LogP contribution is 2.17. The largest absolute Gasteiger partial charge is 0.482 e. The van der Waals surface area contributed by atoms with E-state index in [1.165, 1.54) is 36.6 Å². The smallest absolute Gasteiger partial charge is 0.180 e. The lowest BCUT2D eigenvalue weighted by Gasteiger charge is -1.93. The molecule has 156 valence electrons. The SMILES string of the molecule is C1=NCCO1.C1COCN1.c1ccc2c(c1)CNN2.c1cnoc1.c1cocn1. The minimum atomic E-state index is 0.750. The van der Waals surface area contributed by atoms with Gasteiger partial charge in [0.25, 0.3) is 0 Å². The number of anilines is 1. The van der Waals surface area contributed by atoms with E-state index >= 15 is 0 Å². The maximum atomic E-state index is 4.83. The molecule has 1 fully saturated rings. The van der Waals surface area contributed by atoms with Crippen LogP contribution in [-0.2, 0) is 16.0 Å². The number of oxazole rings is 1. The Labute approximate surface area is 169 Å². The molecule has 0 spiro atoms. The van der Waals surface area contributed by atoms with Crippen molar-refractivity contribution < 1.29 is 18.4 Å². The summed E-state index contributed by atoms with van der Waals surface area (Å²) in [6, 6.07) is 9.98. The van der Waals surface area contributed by atoms with E-state index in [0.717, 1.165) is 39.6 Å². The van der Waals surface area contributed by atoms with Gasteiger partial charge in [-0.2, -0.15) is 0 Å². The molecule has 29 heavy (non-hydrogen) atoms. The Morgan fingerprint density at radius 3 is 2.38 bits per heavy atom. The molecule has 3 aromatic rings. The summed E-state index contributed by atoms with van der Waals surface area (Å²) >= 11 is 0. The van der Waals surface area contributed by atoms with E-state index in [1.807, 2.05) is 12.1 Å². The molecule has 10 nitrogen and oxygen atoms in total. The molecule has 10 heteroatoms. The molecule has 6 rings (SSSR count). The molecule has 3 aliphatic heterocycles. The molecule has 0 atom stereocenters. The quantitative estimate of drug-likeness (QED) is 0.519. The van der Waals surface area contributed by atoms with Crippen molar-refractivity contribution in [2.24, 2.45) is 4.99 Å². The van der Waals surface area contributed by atoms with Crippen LogP contribution in [0.15, 0.2) is 75.6 Å². The fraction of sp³-hybridized carbons (Fsp3) is 0.316. The summed E-state index contributed by atoms with van der Waals surface area (Å²) in [4.78, 5) is 7.29. The Kier molecular flexibility index (Phi) is 12.0. The Balaban J connectivity index is 0.000000133. The van der Waals surface area contributed by atoms with Gasteiger partial charge in [0.05, 0.1) is 38.0 Å². The van der Waals surface area contributed by atoms with Crippen molar-refractivity contribution in [3.63, 3.8) is 0 Å². The number of hydrogen-bond donors (Lipinski definition) is 3. The van der Waals surface area contributed by atoms with Crippen molar-refractivity contribution in [3.8, 4) is 0 Å². The normalized spacial score (nSPS) is 14.8. The Bertz CT molecular complexity index is 636. The second-order valence-corrected chi connectivity index (χ2v) is 5.43. The molecule has 3 aliphatic rings. The van der Waals surface area contributed by atoms with Gasteiger partial charge in [-0.25, -0.2) is 10.4 Å². The first-order valence-electron chi connectivity index (χ1n) is 9.08. The number of fused-ring (bicyclic) bond motifs is 1. The number of hydrogen-bond acceptors (Lipinski definition) is 10. The number of para-hydroxylation sites is 1. The molecule has 0 radical (unpaired) electrons. The summed E-state index contributed by atoms with van der Waals surface area (Å²) in [6.07, 6.45) is 9.06. The first kappa shape index (κ1) is 22.1. The van der Waals surface area contributed by atoms with Crippen LogP contribution in [0.5, 0.6) is 0 Å². The van der Waals surface area contributed by atoms with Crippen LogP contribution in [0.1, 0.15) is 5.56 Å². The molecule has 0 bridgehead atoms. The molecular formula is C19H26N6O4. The van der Waals surface area contributed by atoms with Gasteiger partial charge in [-0.1, -0.05) is 23.4 Å². The maximum Gasteiger partial charge on any atom is 0.180 e. The Morgan fingerprint density at radius 1 is 1.00 bits per heavy atom. The van der Waals surface area contributed by atoms with Crippen molar-refractivity contribution in [1.82, 2.24) is 20.9 Å². The molecule has 2 aromatic heterocycles. The standard InChI is InChI=1S/C7H8N2.C3H7NO.C3H5NO.2C3H3NO/c1-2-4-7-6(3-1)5-8-9-7;3*1-2-5-3-4-1;1-2-4-5-3-1/h1-4,8-9H,5H2;4H,1-3H2;3H,1-2H2;2*1-3H. The van der Waals surface area contributed by atoms with Gasteiger partial charge < -0.3 is 23.8 Å². The van der Waals surface area contributed by atoms with Gasteiger partial charge in [-0.3, -0.25) is 10.3 Å². The average Bonchev–Trinajstić information content (AvgIpc) is 3.65. The van der Waals surface area contributed by atoms with Crippen molar-refractivity contribution >= 4 is 12.1 Å². The van der Waals surface area contributed by atoms with E-state index in [0.29, 0.717) is 0 Å². The first-order chi connectivity index (χ1) is 14.5. The zero-order valence-corrected chi connectivity index (χ0v) is 16.1. The summed E-state index contributed by atoms with van der Waals surface area (Å²) < 4.78 is 18.3. The third-order valence-corrected chi connectivity index (χ3v) is 3.33. The third-order valence-electron chi connectivity index (χ3n) is 3.33. The van der Waals surface area contributed by atoms with E-state index in [-0.39, 0.29) is 0 Å². The second kappa shape index (κ2) is 15.8. The van der Waals surface area contributed by atoms with Crippen LogP contribution in [0, 0.1) is 0 Å². The van der Waals surface area contributed by atoms with E-state index in [9.17, 15) is 0 Å². The maximum absolute atomic E-state index is 4.83. The number of hydrazine groups is 1. The Morgan fingerprint density at radius 2 is 1.97 bits per heavy atom. The number of nitrogens with one attached hydrogen (secondary N) is 3. The zero-order chi connectivity index (χ0) is 20.2. The minimum Gasteiger partial charge on any atom is -0.482 e. The van der Waals surface area contributed by atoms with Crippen molar-refractivity contribution in [2.75, 3.05) is 38.5 Å². The number of nitrogens with zero attached hydrogens (tertiary/aromatic N) is 3. The molecule has 1 aromatic carbocycles. The summed E-state index contributed by atoms with van der Waals surface area (Å²) in [7, 11) is 0. The molecule has 0 amide bonds. The number of benzene rings is 1. The van der Waals surface area contributed by atoms with Gasteiger partial charge >= 0.3 is 0 Å². The predicted octanol–water partition coefficient (Wildman–Crippen LogP) is 2.07. The molecule has 0 aliphatic carbocycles. The fourth-order valence-electron chi connectivity index (χ4n) is 2.01. The van der Waals surface area contributed by atoms with E-state index in [2.05, 4.69) is 57.1 Å². The van der Waals surface area contributed by atoms with Crippen molar-refractivity contribution in [2.45, 2.75) is 6.54 Å². The highest BCUT2D eigenvalue weighted by molar-refractivity contribution is 5.53. The van der Waals surface area contributed by atoms with E-state index in [4.69, 9.17) is 4.74 Å². The monoisotopic (exact) mass is 402 g/mol. The molecule has 1 saturated heterocycles. The van der Waals surface area contributed by atoms with Crippen molar-refractivity contribution in [3.05, 3.63) is 67.2 Å². The lowest BCUT2D eigenvalue weighted by atomic mass is 10.2. The molecular weight excluding hydrogens is 376 g/mol. The topological polar surface area (TPSA) is 119 Å². The van der Waals surface area contributed by atoms with E-state index in [1.54, 1.807) is 18.5 Å². The lowest BCUT2D eigenvalue weighted by molar-refractivity contribution is 0.194. The predicted molar refractivity (Wildman–Crippen MR) is 108 cm³/mol. The van der Waals surface area contributed by atoms with Crippen molar-refractivity contribution in [1.29, 1.82) is 0 Å². The van der Waals surface area contributed by atoms with Crippen LogP contribution in [-0.4, -0.2) is 49.6 Å². The summed E-state index contributed by atoms with van der Waals surface area (Å²) in [5.74, 6) is 0. The van der Waals surface area contributed by atoms with Gasteiger partial charge in [0, 0.05) is 13.1 Å².